The quantitative estimate of drug-likeness (QED) is 0.780. The third-order valence-corrected chi connectivity index (χ3v) is 4.73. The molecule has 1 aliphatic carbocycles. The van der Waals surface area contributed by atoms with E-state index in [2.05, 4.69) is 10.6 Å². The highest BCUT2D eigenvalue weighted by molar-refractivity contribution is 5.95. The molecule has 1 spiro atoms. The van der Waals surface area contributed by atoms with Crippen molar-refractivity contribution in [3.05, 3.63) is 29.8 Å². The average Bonchev–Trinajstić information content (AvgIpc) is 3.16. The summed E-state index contributed by atoms with van der Waals surface area (Å²) in [6.45, 7) is 2.24. The highest BCUT2D eigenvalue weighted by atomic mass is 16.2. The zero-order chi connectivity index (χ0) is 14.0. The van der Waals surface area contributed by atoms with E-state index in [1.807, 2.05) is 24.3 Å². The van der Waals surface area contributed by atoms with Crippen molar-refractivity contribution in [1.82, 2.24) is 5.32 Å². The number of hydrogen-bond acceptors (Lipinski definition) is 3. The molecule has 4 nitrogen and oxygen atoms in total. The molecule has 1 saturated heterocycles. The Bertz CT molecular complexity index is 478. The first-order valence-corrected chi connectivity index (χ1v) is 7.45. The molecule has 0 aromatic heterocycles. The fourth-order valence-corrected chi connectivity index (χ4v) is 3.31. The first-order valence-electron chi connectivity index (χ1n) is 7.45. The van der Waals surface area contributed by atoms with Crippen molar-refractivity contribution < 1.29 is 9.90 Å². The summed E-state index contributed by atoms with van der Waals surface area (Å²) >= 11 is 0. The van der Waals surface area contributed by atoms with E-state index < -0.39 is 0 Å². The minimum atomic E-state index is 0.157. The van der Waals surface area contributed by atoms with Gasteiger partial charge in [-0.3, -0.25) is 4.79 Å². The van der Waals surface area contributed by atoms with Crippen molar-refractivity contribution >= 4 is 11.6 Å². The molecule has 3 N–H and O–H groups in total. The summed E-state index contributed by atoms with van der Waals surface area (Å²) in [5.74, 6) is 0.364. The minimum absolute atomic E-state index is 0.157. The van der Waals surface area contributed by atoms with Crippen molar-refractivity contribution in [3.8, 4) is 0 Å². The Labute approximate surface area is 119 Å². The molecule has 2 aliphatic rings. The number of nitrogens with one attached hydrogen (secondary N) is 2. The van der Waals surface area contributed by atoms with Crippen molar-refractivity contribution in [2.45, 2.75) is 25.7 Å². The smallest absolute Gasteiger partial charge is 0.228 e. The topological polar surface area (TPSA) is 61.4 Å². The number of carbonyl (C=O) groups excluding carboxylic acids is 1. The van der Waals surface area contributed by atoms with E-state index in [1.54, 1.807) is 0 Å². The summed E-state index contributed by atoms with van der Waals surface area (Å²) in [5.41, 5.74) is 2.23. The van der Waals surface area contributed by atoms with Gasteiger partial charge in [-0.15, -0.1) is 0 Å². The van der Waals surface area contributed by atoms with Crippen LogP contribution >= 0.6 is 0 Å². The van der Waals surface area contributed by atoms with Gasteiger partial charge in [-0.05, 0) is 61.9 Å². The second-order valence-electron chi connectivity index (χ2n) is 6.03. The van der Waals surface area contributed by atoms with Crippen LogP contribution in [0, 0.1) is 11.3 Å². The molecular weight excluding hydrogens is 252 g/mol. The first-order chi connectivity index (χ1) is 9.73. The SMILES string of the molecule is O=C(Nc1ccc(CCO)cc1)C1CC12CCNCC2. The molecule has 1 amide bonds. The Kier molecular flexibility index (Phi) is 3.76. The zero-order valence-electron chi connectivity index (χ0n) is 11.7. The van der Waals surface area contributed by atoms with Gasteiger partial charge >= 0.3 is 0 Å². The third kappa shape index (κ3) is 2.72. The highest BCUT2D eigenvalue weighted by Gasteiger charge is 2.57. The van der Waals surface area contributed by atoms with Crippen molar-refractivity contribution in [2.24, 2.45) is 11.3 Å². The molecule has 2 fully saturated rings. The molecule has 0 radical (unpaired) electrons. The standard InChI is InChI=1S/C16H22N2O2/c19-10-5-12-1-3-13(4-2-12)18-15(20)14-11-16(14)6-8-17-9-7-16/h1-4,14,17,19H,5-11H2,(H,18,20). The lowest BCUT2D eigenvalue weighted by molar-refractivity contribution is -0.118. The first kappa shape index (κ1) is 13.6. The summed E-state index contributed by atoms with van der Waals surface area (Å²) < 4.78 is 0. The molecule has 4 heteroatoms. The average molecular weight is 274 g/mol. The van der Waals surface area contributed by atoms with Crippen LogP contribution in [0.4, 0.5) is 5.69 Å². The second kappa shape index (κ2) is 5.54. The molecule has 1 unspecified atom stereocenters. The van der Waals surface area contributed by atoms with Crippen LogP contribution in [0.25, 0.3) is 0 Å². The largest absolute Gasteiger partial charge is 0.396 e. The summed E-state index contributed by atoms with van der Waals surface area (Å²) in [7, 11) is 0. The van der Waals surface area contributed by atoms with Crippen molar-refractivity contribution in [1.29, 1.82) is 0 Å². The number of piperidine rings is 1. The maximum absolute atomic E-state index is 12.3. The predicted octanol–water partition coefficient (Wildman–Crippen LogP) is 1.55. The van der Waals surface area contributed by atoms with E-state index in [0.29, 0.717) is 6.42 Å². The molecule has 1 saturated carbocycles. The van der Waals surface area contributed by atoms with E-state index in [4.69, 9.17) is 5.11 Å². The van der Waals surface area contributed by atoms with Crippen LogP contribution in [-0.2, 0) is 11.2 Å². The van der Waals surface area contributed by atoms with E-state index >= 15 is 0 Å². The highest BCUT2D eigenvalue weighted by Crippen LogP contribution is 2.58. The van der Waals surface area contributed by atoms with E-state index in [1.165, 1.54) is 0 Å². The van der Waals surface area contributed by atoms with Gasteiger partial charge in [0.1, 0.15) is 0 Å². The van der Waals surface area contributed by atoms with Gasteiger partial charge in [-0.25, -0.2) is 0 Å². The van der Waals surface area contributed by atoms with E-state index in [0.717, 1.165) is 43.6 Å². The van der Waals surface area contributed by atoms with Crippen LogP contribution in [0.15, 0.2) is 24.3 Å². The zero-order valence-corrected chi connectivity index (χ0v) is 11.7. The number of aliphatic hydroxyl groups excluding tert-OH is 1. The lowest BCUT2D eigenvalue weighted by atomic mass is 9.92. The van der Waals surface area contributed by atoms with Crippen LogP contribution in [0.1, 0.15) is 24.8 Å². The fourth-order valence-electron chi connectivity index (χ4n) is 3.31. The number of aliphatic hydroxyl groups is 1. The fraction of sp³-hybridized carbons (Fsp3) is 0.562. The van der Waals surface area contributed by atoms with Crippen LogP contribution in [0.5, 0.6) is 0 Å². The summed E-state index contributed by atoms with van der Waals surface area (Å²) in [6, 6.07) is 7.75. The summed E-state index contributed by atoms with van der Waals surface area (Å²) in [4.78, 5) is 12.3. The maximum atomic E-state index is 12.3. The molecule has 1 aromatic rings. The Morgan fingerprint density at radius 2 is 2.00 bits per heavy atom. The maximum Gasteiger partial charge on any atom is 0.228 e. The molecule has 108 valence electrons. The van der Waals surface area contributed by atoms with Crippen molar-refractivity contribution in [3.63, 3.8) is 0 Å². The Morgan fingerprint density at radius 1 is 1.30 bits per heavy atom. The number of amides is 1. The second-order valence-corrected chi connectivity index (χ2v) is 6.03. The van der Waals surface area contributed by atoms with Gasteiger partial charge in [0.05, 0.1) is 0 Å². The van der Waals surface area contributed by atoms with E-state index in [9.17, 15) is 4.79 Å². The Balaban J connectivity index is 1.57. The molecule has 1 aliphatic heterocycles. The van der Waals surface area contributed by atoms with Gasteiger partial charge in [0, 0.05) is 18.2 Å². The van der Waals surface area contributed by atoms with Gasteiger partial charge in [-0.1, -0.05) is 12.1 Å². The van der Waals surface area contributed by atoms with Crippen LogP contribution in [0.3, 0.4) is 0 Å². The molecule has 1 aromatic carbocycles. The van der Waals surface area contributed by atoms with Crippen LogP contribution in [-0.4, -0.2) is 30.7 Å². The summed E-state index contributed by atoms with van der Waals surface area (Å²) in [6.07, 6.45) is 3.96. The molecule has 1 atom stereocenters. The Hall–Kier alpha value is -1.39. The number of benzene rings is 1. The third-order valence-electron chi connectivity index (χ3n) is 4.73. The number of rotatable bonds is 4. The number of carbonyl (C=O) groups is 1. The lowest BCUT2D eigenvalue weighted by Crippen LogP contribution is -2.31. The monoisotopic (exact) mass is 274 g/mol. The van der Waals surface area contributed by atoms with Crippen LogP contribution in [0.2, 0.25) is 0 Å². The molecule has 1 heterocycles. The molecule has 3 rings (SSSR count). The number of anilines is 1. The minimum Gasteiger partial charge on any atom is -0.396 e. The van der Waals surface area contributed by atoms with Gasteiger partial charge < -0.3 is 15.7 Å². The molecule has 0 bridgehead atoms. The normalized spacial score (nSPS) is 23.6. The van der Waals surface area contributed by atoms with Gasteiger partial charge in [-0.2, -0.15) is 0 Å². The predicted molar refractivity (Wildman–Crippen MR) is 78.5 cm³/mol. The lowest BCUT2D eigenvalue weighted by Gasteiger charge is -2.23. The number of hydrogen-bond donors (Lipinski definition) is 3. The summed E-state index contributed by atoms with van der Waals surface area (Å²) in [5, 5.41) is 15.3. The van der Waals surface area contributed by atoms with Crippen molar-refractivity contribution in [2.75, 3.05) is 25.0 Å². The van der Waals surface area contributed by atoms with E-state index in [-0.39, 0.29) is 23.8 Å². The van der Waals surface area contributed by atoms with Gasteiger partial charge in [0.25, 0.3) is 0 Å². The van der Waals surface area contributed by atoms with Gasteiger partial charge in [0.15, 0.2) is 0 Å². The molecule has 20 heavy (non-hydrogen) atoms. The Morgan fingerprint density at radius 3 is 2.65 bits per heavy atom. The van der Waals surface area contributed by atoms with Crippen LogP contribution < -0.4 is 10.6 Å². The molecular formula is C16H22N2O2. The van der Waals surface area contributed by atoms with Gasteiger partial charge in [0.2, 0.25) is 5.91 Å².